The van der Waals surface area contributed by atoms with Crippen molar-refractivity contribution >= 4 is 0 Å². The van der Waals surface area contributed by atoms with Crippen LogP contribution in [-0.2, 0) is 16.8 Å². The maximum Gasteiger partial charge on any atom is 0.251 e. The molecule has 4 nitrogen and oxygen atoms in total. The average molecular weight is 238 g/mol. The van der Waals surface area contributed by atoms with Gasteiger partial charge in [-0.05, 0) is 26.2 Å². The Labute approximate surface area is 102 Å². The third kappa shape index (κ3) is 2.94. The molecular weight excluding hydrogens is 216 g/mol. The lowest BCUT2D eigenvalue weighted by molar-refractivity contribution is -0.0574. The van der Waals surface area contributed by atoms with E-state index in [1.807, 2.05) is 13.8 Å². The number of ether oxygens (including phenoxy) is 1. The summed E-state index contributed by atoms with van der Waals surface area (Å²) < 4.78 is 5.84. The van der Waals surface area contributed by atoms with E-state index < -0.39 is 5.60 Å². The number of rotatable bonds is 6. The molecule has 0 unspecified atom stereocenters. The van der Waals surface area contributed by atoms with Crippen molar-refractivity contribution in [1.29, 1.82) is 0 Å². The van der Waals surface area contributed by atoms with Crippen LogP contribution in [0.3, 0.4) is 0 Å². The van der Waals surface area contributed by atoms with Crippen molar-refractivity contribution in [3.05, 3.63) is 27.9 Å². The second-order valence-electron chi connectivity index (χ2n) is 4.07. The number of aromatic amines is 1. The van der Waals surface area contributed by atoms with Crippen molar-refractivity contribution in [1.82, 2.24) is 9.97 Å². The lowest BCUT2D eigenvalue weighted by Gasteiger charge is -2.30. The van der Waals surface area contributed by atoms with Crippen LogP contribution in [-0.4, -0.2) is 16.6 Å². The summed E-state index contributed by atoms with van der Waals surface area (Å²) in [7, 11) is 0. The molecule has 1 aromatic rings. The number of nitrogens with one attached hydrogen (secondary N) is 1. The van der Waals surface area contributed by atoms with Crippen molar-refractivity contribution in [2.45, 2.75) is 52.6 Å². The van der Waals surface area contributed by atoms with Gasteiger partial charge >= 0.3 is 0 Å². The largest absolute Gasteiger partial charge is 0.367 e. The highest BCUT2D eigenvalue weighted by atomic mass is 16.5. The topological polar surface area (TPSA) is 55.0 Å². The molecule has 0 aliphatic heterocycles. The predicted octanol–water partition coefficient (Wildman–Crippen LogP) is 2.38. The van der Waals surface area contributed by atoms with Crippen LogP contribution in [0.2, 0.25) is 0 Å². The summed E-state index contributed by atoms with van der Waals surface area (Å²) in [6.07, 6.45) is 2.35. The molecule has 0 spiro atoms. The van der Waals surface area contributed by atoms with E-state index in [1.54, 1.807) is 6.07 Å². The van der Waals surface area contributed by atoms with E-state index in [1.165, 1.54) is 0 Å². The summed E-state index contributed by atoms with van der Waals surface area (Å²) in [5.41, 5.74) is 0.256. The minimum Gasteiger partial charge on any atom is -0.367 e. The van der Waals surface area contributed by atoms with Gasteiger partial charge < -0.3 is 9.72 Å². The second-order valence-corrected chi connectivity index (χ2v) is 4.07. The number of hydrogen-bond acceptors (Lipinski definition) is 3. The molecule has 96 valence electrons. The van der Waals surface area contributed by atoms with E-state index in [0.29, 0.717) is 12.4 Å². The van der Waals surface area contributed by atoms with Gasteiger partial charge in [0.05, 0.1) is 0 Å². The Kier molecular flexibility index (Phi) is 4.87. The van der Waals surface area contributed by atoms with Crippen LogP contribution < -0.4 is 5.56 Å². The molecule has 0 fully saturated rings. The quantitative estimate of drug-likeness (QED) is 0.828. The van der Waals surface area contributed by atoms with E-state index in [9.17, 15) is 4.79 Å². The first-order chi connectivity index (χ1) is 8.11. The Bertz CT molecular complexity index is 408. The minimum atomic E-state index is -0.459. The third-order valence-corrected chi connectivity index (χ3v) is 3.15. The molecule has 1 heterocycles. The standard InChI is InChI=1S/C13H22N2O2/c1-5-10-9-11(16)15-12(14-10)13(6-2,7-3)17-8-4/h9H,5-8H2,1-4H3,(H,14,15,16). The zero-order valence-corrected chi connectivity index (χ0v) is 11.2. The van der Waals surface area contributed by atoms with Gasteiger partial charge in [0.1, 0.15) is 11.4 Å². The van der Waals surface area contributed by atoms with Crippen LogP contribution in [0.5, 0.6) is 0 Å². The molecule has 0 aliphatic carbocycles. The molecule has 0 saturated heterocycles. The summed E-state index contributed by atoms with van der Waals surface area (Å²) in [5.74, 6) is 0.661. The lowest BCUT2D eigenvalue weighted by atomic mass is 9.95. The van der Waals surface area contributed by atoms with E-state index >= 15 is 0 Å². The number of aromatic nitrogens is 2. The highest BCUT2D eigenvalue weighted by Crippen LogP contribution is 2.29. The maximum atomic E-state index is 11.6. The Balaban J connectivity index is 3.26. The molecule has 17 heavy (non-hydrogen) atoms. The first-order valence-electron chi connectivity index (χ1n) is 6.36. The number of nitrogens with zero attached hydrogens (tertiary/aromatic N) is 1. The Morgan fingerprint density at radius 2 is 1.94 bits per heavy atom. The third-order valence-electron chi connectivity index (χ3n) is 3.15. The SMILES string of the molecule is CCOC(CC)(CC)c1nc(CC)cc(=O)[nH]1. The van der Waals surface area contributed by atoms with E-state index in [0.717, 1.165) is 25.0 Å². The molecule has 4 heteroatoms. The molecule has 1 rings (SSSR count). The second kappa shape index (κ2) is 5.96. The van der Waals surface area contributed by atoms with Crippen LogP contribution in [0.4, 0.5) is 0 Å². The first-order valence-corrected chi connectivity index (χ1v) is 6.36. The molecule has 0 saturated carbocycles. The van der Waals surface area contributed by atoms with Gasteiger partial charge in [0, 0.05) is 18.4 Å². The van der Waals surface area contributed by atoms with Crippen molar-refractivity contribution in [3.8, 4) is 0 Å². The molecule has 1 aromatic heterocycles. The maximum absolute atomic E-state index is 11.6. The van der Waals surface area contributed by atoms with Crippen LogP contribution in [0.15, 0.2) is 10.9 Å². The molecule has 0 amide bonds. The highest BCUT2D eigenvalue weighted by molar-refractivity contribution is 5.08. The van der Waals surface area contributed by atoms with Crippen LogP contribution in [0, 0.1) is 0 Å². The Morgan fingerprint density at radius 1 is 1.29 bits per heavy atom. The Morgan fingerprint density at radius 3 is 2.41 bits per heavy atom. The molecule has 0 bridgehead atoms. The van der Waals surface area contributed by atoms with Gasteiger partial charge in [-0.15, -0.1) is 0 Å². The van der Waals surface area contributed by atoms with Crippen LogP contribution in [0.25, 0.3) is 0 Å². The summed E-state index contributed by atoms with van der Waals surface area (Å²) in [6.45, 7) is 8.67. The van der Waals surface area contributed by atoms with Gasteiger partial charge in [0.25, 0.3) is 5.56 Å². The fourth-order valence-corrected chi connectivity index (χ4v) is 2.04. The number of hydrogen-bond donors (Lipinski definition) is 1. The van der Waals surface area contributed by atoms with Gasteiger partial charge in [0.2, 0.25) is 0 Å². The van der Waals surface area contributed by atoms with Crippen LogP contribution in [0.1, 0.15) is 52.1 Å². The van der Waals surface area contributed by atoms with Crippen LogP contribution >= 0.6 is 0 Å². The predicted molar refractivity (Wildman–Crippen MR) is 68.1 cm³/mol. The van der Waals surface area contributed by atoms with E-state index in [2.05, 4.69) is 23.8 Å². The zero-order chi connectivity index (χ0) is 12.9. The van der Waals surface area contributed by atoms with Crippen molar-refractivity contribution in [2.24, 2.45) is 0 Å². The Hall–Kier alpha value is -1.16. The zero-order valence-electron chi connectivity index (χ0n) is 11.2. The smallest absolute Gasteiger partial charge is 0.251 e. The highest BCUT2D eigenvalue weighted by Gasteiger charge is 2.31. The van der Waals surface area contributed by atoms with E-state index in [-0.39, 0.29) is 5.56 Å². The van der Waals surface area contributed by atoms with Crippen molar-refractivity contribution in [2.75, 3.05) is 6.61 Å². The molecule has 0 atom stereocenters. The normalized spacial score (nSPS) is 11.8. The van der Waals surface area contributed by atoms with Gasteiger partial charge in [-0.1, -0.05) is 20.8 Å². The molecule has 1 N–H and O–H groups in total. The summed E-state index contributed by atoms with van der Waals surface area (Å²) in [6, 6.07) is 1.55. The fourth-order valence-electron chi connectivity index (χ4n) is 2.04. The van der Waals surface area contributed by atoms with Crippen molar-refractivity contribution < 1.29 is 4.74 Å². The minimum absolute atomic E-state index is 0.0992. The summed E-state index contributed by atoms with van der Waals surface area (Å²) in [5, 5.41) is 0. The van der Waals surface area contributed by atoms with Gasteiger partial charge in [-0.25, -0.2) is 4.98 Å². The number of aryl methyl sites for hydroxylation is 1. The van der Waals surface area contributed by atoms with Gasteiger partial charge in [-0.2, -0.15) is 0 Å². The fraction of sp³-hybridized carbons (Fsp3) is 0.692. The molecule has 0 radical (unpaired) electrons. The molecule has 0 aliphatic rings. The van der Waals surface area contributed by atoms with Crippen molar-refractivity contribution in [3.63, 3.8) is 0 Å². The average Bonchev–Trinajstić information content (AvgIpc) is 2.35. The summed E-state index contributed by atoms with van der Waals surface area (Å²) >= 11 is 0. The van der Waals surface area contributed by atoms with Gasteiger partial charge in [0.15, 0.2) is 0 Å². The number of H-pyrrole nitrogens is 1. The first kappa shape index (κ1) is 13.9. The monoisotopic (exact) mass is 238 g/mol. The van der Waals surface area contributed by atoms with Gasteiger partial charge in [-0.3, -0.25) is 4.79 Å². The summed E-state index contributed by atoms with van der Waals surface area (Å²) in [4.78, 5) is 18.9. The molecular formula is C13H22N2O2. The van der Waals surface area contributed by atoms with E-state index in [4.69, 9.17) is 4.74 Å². The lowest BCUT2D eigenvalue weighted by Crippen LogP contribution is -2.33. The molecule has 0 aromatic carbocycles.